The highest BCUT2D eigenvalue weighted by Gasteiger charge is 2.31. The first-order chi connectivity index (χ1) is 17.9. The predicted octanol–water partition coefficient (Wildman–Crippen LogP) is 0.828. The summed E-state index contributed by atoms with van der Waals surface area (Å²) >= 11 is 0. The molecular weight excluding hydrogens is 510 g/mol. The van der Waals surface area contributed by atoms with Gasteiger partial charge in [-0.3, -0.25) is 14.2 Å². The van der Waals surface area contributed by atoms with Crippen molar-refractivity contribution < 1.29 is 18.0 Å². The Morgan fingerprint density at radius 3 is 2.39 bits per heavy atom. The molecule has 1 N–H and O–H groups in total. The Morgan fingerprint density at radius 1 is 1.08 bits per heavy atom. The van der Waals surface area contributed by atoms with Crippen molar-refractivity contribution in [1.82, 2.24) is 18.5 Å². The lowest BCUT2D eigenvalue weighted by atomic mass is 10.0. The number of hydrogen-bond acceptors (Lipinski definition) is 7. The number of benzene rings is 1. The summed E-state index contributed by atoms with van der Waals surface area (Å²) in [5, 5.41) is 2.61. The molecule has 5 rings (SSSR count). The van der Waals surface area contributed by atoms with Crippen LogP contribution < -0.4 is 16.7 Å². The van der Waals surface area contributed by atoms with E-state index in [2.05, 4.69) is 22.1 Å². The van der Waals surface area contributed by atoms with E-state index in [0.29, 0.717) is 11.3 Å². The van der Waals surface area contributed by atoms with E-state index in [9.17, 15) is 27.6 Å². The molecule has 12 heteroatoms. The molecule has 3 aromatic rings. The minimum atomic E-state index is -3.74. The summed E-state index contributed by atoms with van der Waals surface area (Å²) in [6.45, 7) is 1.27. The van der Waals surface area contributed by atoms with Crippen molar-refractivity contribution >= 4 is 33.0 Å². The number of nitrogens with zero attached hydrogens (tertiary/aromatic N) is 4. The van der Waals surface area contributed by atoms with Crippen LogP contribution in [0.5, 0.6) is 0 Å². The Bertz CT molecular complexity index is 1750. The number of aromatic nitrogens is 4. The molecule has 1 aromatic carbocycles. The van der Waals surface area contributed by atoms with Crippen molar-refractivity contribution in [3.63, 3.8) is 0 Å². The van der Waals surface area contributed by atoms with Crippen molar-refractivity contribution in [3.8, 4) is 11.8 Å². The molecule has 38 heavy (non-hydrogen) atoms. The molecule has 2 aliphatic rings. The molecule has 0 saturated heterocycles. The fourth-order valence-electron chi connectivity index (χ4n) is 4.37. The van der Waals surface area contributed by atoms with Gasteiger partial charge < -0.3 is 5.32 Å². The van der Waals surface area contributed by atoms with Gasteiger partial charge in [-0.25, -0.2) is 27.0 Å². The first kappa shape index (κ1) is 25.7. The van der Waals surface area contributed by atoms with Gasteiger partial charge in [0.2, 0.25) is 11.7 Å². The minimum absolute atomic E-state index is 0.00937. The largest absolute Gasteiger partial charge is 0.339 e. The summed E-state index contributed by atoms with van der Waals surface area (Å²) in [4.78, 5) is 54.4. The number of rotatable bonds is 7. The molecule has 1 amide bonds. The number of imidazole rings is 1. The number of Topliss-reactive ketones (excluding diaryl/α,β-unsaturated/α-hetero) is 1. The zero-order chi connectivity index (χ0) is 27.4. The van der Waals surface area contributed by atoms with Gasteiger partial charge in [-0.1, -0.05) is 11.8 Å². The number of nitrogens with one attached hydrogen (secondary N) is 1. The third-order valence-corrected chi connectivity index (χ3v) is 7.81. The fourth-order valence-corrected chi connectivity index (χ4v) is 5.24. The summed E-state index contributed by atoms with van der Waals surface area (Å²) < 4.78 is 27.4. The molecule has 0 bridgehead atoms. The zero-order valence-electron chi connectivity index (χ0n) is 21.3. The third-order valence-electron chi connectivity index (χ3n) is 6.72. The molecular formula is C26H27N5O6S. The molecule has 0 unspecified atom stereocenters. The van der Waals surface area contributed by atoms with E-state index in [4.69, 9.17) is 0 Å². The van der Waals surface area contributed by atoms with Crippen molar-refractivity contribution in [2.24, 2.45) is 18.9 Å². The molecule has 198 valence electrons. The Balaban J connectivity index is 1.51. The van der Waals surface area contributed by atoms with E-state index in [1.807, 2.05) is 0 Å². The first-order valence-corrected chi connectivity index (χ1v) is 14.2. The van der Waals surface area contributed by atoms with Crippen LogP contribution in [-0.2, 0) is 39.4 Å². The predicted molar refractivity (Wildman–Crippen MR) is 139 cm³/mol. The quantitative estimate of drug-likeness (QED) is 0.440. The molecule has 2 saturated carbocycles. The molecule has 2 fully saturated rings. The highest BCUT2D eigenvalue weighted by molar-refractivity contribution is 7.90. The Morgan fingerprint density at radius 2 is 1.76 bits per heavy atom. The van der Waals surface area contributed by atoms with Gasteiger partial charge in [0.15, 0.2) is 14.9 Å². The normalized spacial score (nSPS) is 15.2. The molecule has 0 radical (unpaired) electrons. The molecule has 2 aliphatic carbocycles. The summed E-state index contributed by atoms with van der Waals surface area (Å²) in [5.74, 6) is 5.95. The number of aryl methyl sites for hydroxylation is 1. The van der Waals surface area contributed by atoms with E-state index in [0.717, 1.165) is 51.0 Å². The second-order valence-corrected chi connectivity index (χ2v) is 12.0. The lowest BCUT2D eigenvalue weighted by molar-refractivity contribution is -0.119. The first-order valence-electron chi connectivity index (χ1n) is 12.3. The van der Waals surface area contributed by atoms with E-state index in [1.54, 1.807) is 18.2 Å². The highest BCUT2D eigenvalue weighted by Crippen LogP contribution is 2.32. The van der Waals surface area contributed by atoms with Gasteiger partial charge in [-0.2, -0.15) is 4.98 Å². The van der Waals surface area contributed by atoms with Crippen LogP contribution in [0.25, 0.3) is 5.78 Å². The van der Waals surface area contributed by atoms with Gasteiger partial charge in [0.25, 0.3) is 0 Å². The SMILES string of the molecule is Cc1c(S(C)(=O)=O)nc2n(CC#Cc3cc(CC(=O)C4CC4)cc(NC(=O)C4CC4)c3)c(=O)n(C)c(=O)n12. The Kier molecular flexibility index (Phi) is 6.35. The molecule has 2 aromatic heterocycles. The maximum Gasteiger partial charge on any atom is 0.339 e. The molecule has 0 aliphatic heterocycles. The standard InChI is InChI=1S/C26H27N5O6S/c1-15-23(38(3,36)37)28-24-30(25(34)29(2)26(35)31(15)24)10-4-5-16-11-17(14-21(32)18-6-7-18)13-20(12-16)27-22(33)19-8-9-19/h11-13,18-19H,6-10,14H2,1-3H3,(H,27,33). The topological polar surface area (TPSA) is 142 Å². The smallest absolute Gasteiger partial charge is 0.326 e. The number of sulfone groups is 1. The van der Waals surface area contributed by atoms with Crippen molar-refractivity contribution in [1.29, 1.82) is 0 Å². The van der Waals surface area contributed by atoms with Gasteiger partial charge >= 0.3 is 11.4 Å². The molecule has 2 heterocycles. The second kappa shape index (κ2) is 9.40. The van der Waals surface area contributed by atoms with E-state index in [1.165, 1.54) is 14.0 Å². The highest BCUT2D eigenvalue weighted by atomic mass is 32.2. The number of anilines is 1. The fraction of sp³-hybridized carbons (Fsp3) is 0.423. The lowest BCUT2D eigenvalue weighted by Crippen LogP contribution is -2.42. The van der Waals surface area contributed by atoms with Crippen LogP contribution in [0.4, 0.5) is 5.69 Å². The van der Waals surface area contributed by atoms with Gasteiger partial charge in [0.05, 0.1) is 12.2 Å². The van der Waals surface area contributed by atoms with Crippen molar-refractivity contribution in [3.05, 3.63) is 56.0 Å². The van der Waals surface area contributed by atoms with Crippen LogP contribution in [0.3, 0.4) is 0 Å². The van der Waals surface area contributed by atoms with Gasteiger partial charge in [-0.15, -0.1) is 0 Å². The van der Waals surface area contributed by atoms with Crippen LogP contribution in [0, 0.1) is 30.6 Å². The van der Waals surface area contributed by atoms with Crippen LogP contribution in [-0.4, -0.2) is 44.9 Å². The van der Waals surface area contributed by atoms with Crippen LogP contribution in [0.15, 0.2) is 32.8 Å². The zero-order valence-corrected chi connectivity index (χ0v) is 22.1. The number of amides is 1. The maximum absolute atomic E-state index is 12.9. The van der Waals surface area contributed by atoms with Gasteiger partial charge in [0.1, 0.15) is 5.78 Å². The maximum atomic E-state index is 12.9. The average Bonchev–Trinajstić information content (AvgIpc) is 3.75. The van der Waals surface area contributed by atoms with Crippen LogP contribution in [0.1, 0.15) is 42.5 Å². The third kappa shape index (κ3) is 5.06. The van der Waals surface area contributed by atoms with Crippen molar-refractivity contribution in [2.45, 2.75) is 50.6 Å². The van der Waals surface area contributed by atoms with Gasteiger partial charge in [0, 0.05) is 42.8 Å². The average molecular weight is 538 g/mol. The summed E-state index contributed by atoms with van der Waals surface area (Å²) in [6, 6.07) is 5.27. The number of ketones is 1. The monoisotopic (exact) mass is 537 g/mol. The Labute approximate surface area is 218 Å². The van der Waals surface area contributed by atoms with Crippen LogP contribution in [0.2, 0.25) is 0 Å². The number of carbonyl (C=O) groups is 2. The lowest BCUT2D eigenvalue weighted by Gasteiger charge is -2.09. The number of carbonyl (C=O) groups excluding carboxylic acids is 2. The minimum Gasteiger partial charge on any atom is -0.326 e. The van der Waals surface area contributed by atoms with Crippen LogP contribution >= 0.6 is 0 Å². The molecule has 0 spiro atoms. The summed E-state index contributed by atoms with van der Waals surface area (Å²) in [6.07, 6.45) is 4.75. The summed E-state index contributed by atoms with van der Waals surface area (Å²) in [7, 11) is -2.45. The van der Waals surface area contributed by atoms with Gasteiger partial charge in [-0.05, 0) is 56.4 Å². The number of fused-ring (bicyclic) bond motifs is 1. The van der Waals surface area contributed by atoms with E-state index >= 15 is 0 Å². The molecule has 11 nitrogen and oxygen atoms in total. The number of hydrogen-bond donors (Lipinski definition) is 1. The Hall–Kier alpha value is -3.98. The van der Waals surface area contributed by atoms with E-state index < -0.39 is 21.2 Å². The van der Waals surface area contributed by atoms with E-state index in [-0.39, 0.29) is 53.0 Å². The molecule has 0 atom stereocenters. The van der Waals surface area contributed by atoms with Crippen molar-refractivity contribution in [2.75, 3.05) is 11.6 Å². The second-order valence-electron chi connectivity index (χ2n) is 10.0. The summed E-state index contributed by atoms with van der Waals surface area (Å²) in [5.41, 5.74) is 0.538.